The quantitative estimate of drug-likeness (QED) is 0.854. The lowest BCUT2D eigenvalue weighted by atomic mass is 10.1. The zero-order valence-electron chi connectivity index (χ0n) is 12.3. The highest BCUT2D eigenvalue weighted by Crippen LogP contribution is 2.31. The number of morpholine rings is 1. The van der Waals surface area contributed by atoms with Crippen molar-refractivity contribution in [2.24, 2.45) is 7.05 Å². The van der Waals surface area contributed by atoms with E-state index in [0.717, 1.165) is 41.6 Å². The molecule has 2 aromatic rings. The van der Waals surface area contributed by atoms with Crippen LogP contribution in [0.1, 0.15) is 25.1 Å². The van der Waals surface area contributed by atoms with Crippen LogP contribution in [0.25, 0.3) is 11.0 Å². The Kier molecular flexibility index (Phi) is 3.40. The van der Waals surface area contributed by atoms with Gasteiger partial charge in [-0.3, -0.25) is 4.90 Å². The molecule has 1 aliphatic carbocycles. The van der Waals surface area contributed by atoms with Crippen molar-refractivity contribution >= 4 is 22.6 Å². The summed E-state index contributed by atoms with van der Waals surface area (Å²) in [4.78, 5) is 7.32. The van der Waals surface area contributed by atoms with Crippen molar-refractivity contribution in [2.75, 3.05) is 13.2 Å². The Morgan fingerprint density at radius 1 is 1.38 bits per heavy atom. The predicted molar refractivity (Wildman–Crippen MR) is 83.5 cm³/mol. The topological polar surface area (TPSA) is 30.3 Å². The average molecular weight is 306 g/mol. The van der Waals surface area contributed by atoms with Crippen LogP contribution in [0.5, 0.6) is 0 Å². The number of benzene rings is 1. The van der Waals surface area contributed by atoms with Crippen LogP contribution >= 0.6 is 11.6 Å². The van der Waals surface area contributed by atoms with Crippen LogP contribution in [-0.2, 0) is 18.3 Å². The Morgan fingerprint density at radius 2 is 2.29 bits per heavy atom. The van der Waals surface area contributed by atoms with E-state index in [-0.39, 0.29) is 0 Å². The highest BCUT2D eigenvalue weighted by molar-refractivity contribution is 6.31. The first-order valence-electron chi connectivity index (χ1n) is 7.69. The molecule has 0 radical (unpaired) electrons. The molecule has 1 aromatic carbocycles. The van der Waals surface area contributed by atoms with Crippen molar-refractivity contribution in [1.82, 2.24) is 14.5 Å². The SMILES string of the molecule is Cn1c(CN2CCOC3CCCC32)nc2cc(Cl)ccc21. The summed E-state index contributed by atoms with van der Waals surface area (Å²) >= 11 is 6.07. The first-order chi connectivity index (χ1) is 10.2. The summed E-state index contributed by atoms with van der Waals surface area (Å²) in [5.41, 5.74) is 2.13. The molecule has 1 saturated heterocycles. The lowest BCUT2D eigenvalue weighted by Crippen LogP contribution is -2.48. The lowest BCUT2D eigenvalue weighted by Gasteiger charge is -2.37. The summed E-state index contributed by atoms with van der Waals surface area (Å²) in [6, 6.07) is 6.49. The van der Waals surface area contributed by atoms with Crippen LogP contribution in [0.15, 0.2) is 18.2 Å². The molecule has 4 nitrogen and oxygen atoms in total. The first-order valence-corrected chi connectivity index (χ1v) is 8.07. The molecular formula is C16H20ClN3O. The Balaban J connectivity index is 1.63. The minimum absolute atomic E-state index is 0.433. The van der Waals surface area contributed by atoms with E-state index in [1.54, 1.807) is 0 Å². The summed E-state index contributed by atoms with van der Waals surface area (Å²) in [6.45, 7) is 2.75. The second-order valence-corrected chi connectivity index (χ2v) is 6.53. The number of fused-ring (bicyclic) bond motifs is 2. The zero-order valence-corrected chi connectivity index (χ0v) is 13.0. The fraction of sp³-hybridized carbons (Fsp3) is 0.562. The Labute approximate surface area is 129 Å². The Bertz CT molecular complexity index is 669. The summed E-state index contributed by atoms with van der Waals surface area (Å²) in [5.74, 6) is 1.11. The van der Waals surface area contributed by atoms with Gasteiger partial charge < -0.3 is 9.30 Å². The number of imidazole rings is 1. The molecular weight excluding hydrogens is 286 g/mol. The van der Waals surface area contributed by atoms with E-state index in [1.165, 1.54) is 19.3 Å². The highest BCUT2D eigenvalue weighted by atomic mass is 35.5. The molecule has 0 amide bonds. The van der Waals surface area contributed by atoms with Crippen molar-refractivity contribution < 1.29 is 4.74 Å². The van der Waals surface area contributed by atoms with E-state index < -0.39 is 0 Å². The maximum Gasteiger partial charge on any atom is 0.123 e. The fourth-order valence-electron chi connectivity index (χ4n) is 3.75. The summed E-state index contributed by atoms with van der Waals surface area (Å²) in [5, 5.41) is 0.745. The second kappa shape index (κ2) is 5.27. The number of nitrogens with zero attached hydrogens (tertiary/aromatic N) is 3. The van der Waals surface area contributed by atoms with Gasteiger partial charge in [0.2, 0.25) is 0 Å². The van der Waals surface area contributed by atoms with E-state index >= 15 is 0 Å². The van der Waals surface area contributed by atoms with Gasteiger partial charge in [0.25, 0.3) is 0 Å². The predicted octanol–water partition coefficient (Wildman–Crippen LogP) is 2.98. The monoisotopic (exact) mass is 305 g/mol. The van der Waals surface area contributed by atoms with Crippen LogP contribution in [0.3, 0.4) is 0 Å². The normalized spacial score (nSPS) is 26.4. The maximum absolute atomic E-state index is 6.07. The number of ether oxygens (including phenoxy) is 1. The van der Waals surface area contributed by atoms with Crippen molar-refractivity contribution in [3.8, 4) is 0 Å². The van der Waals surface area contributed by atoms with Gasteiger partial charge in [-0.1, -0.05) is 11.6 Å². The minimum Gasteiger partial charge on any atom is -0.375 e. The summed E-state index contributed by atoms with van der Waals surface area (Å²) in [6.07, 6.45) is 4.17. The number of halogens is 1. The lowest BCUT2D eigenvalue weighted by molar-refractivity contribution is -0.0598. The number of aryl methyl sites for hydroxylation is 1. The van der Waals surface area contributed by atoms with Crippen LogP contribution in [0.2, 0.25) is 5.02 Å². The maximum atomic E-state index is 6.07. The zero-order chi connectivity index (χ0) is 14.4. The van der Waals surface area contributed by atoms with E-state index in [4.69, 9.17) is 21.3 Å². The largest absolute Gasteiger partial charge is 0.375 e. The fourth-order valence-corrected chi connectivity index (χ4v) is 3.91. The average Bonchev–Trinajstić information content (AvgIpc) is 3.05. The number of hydrogen-bond donors (Lipinski definition) is 0. The van der Waals surface area contributed by atoms with Crippen LogP contribution in [0.4, 0.5) is 0 Å². The van der Waals surface area contributed by atoms with Gasteiger partial charge in [0, 0.05) is 24.7 Å². The van der Waals surface area contributed by atoms with Crippen molar-refractivity contribution in [3.63, 3.8) is 0 Å². The Morgan fingerprint density at radius 3 is 3.19 bits per heavy atom. The van der Waals surface area contributed by atoms with Gasteiger partial charge in [0.15, 0.2) is 0 Å². The minimum atomic E-state index is 0.433. The third kappa shape index (κ3) is 2.35. The molecule has 0 spiro atoms. The second-order valence-electron chi connectivity index (χ2n) is 6.10. The molecule has 2 unspecified atom stereocenters. The number of aromatic nitrogens is 2. The summed E-state index contributed by atoms with van der Waals surface area (Å²) < 4.78 is 8.07. The molecule has 21 heavy (non-hydrogen) atoms. The van der Waals surface area contributed by atoms with Gasteiger partial charge in [-0.2, -0.15) is 0 Å². The van der Waals surface area contributed by atoms with Gasteiger partial charge in [-0.05, 0) is 37.5 Å². The van der Waals surface area contributed by atoms with Crippen LogP contribution < -0.4 is 0 Å². The smallest absolute Gasteiger partial charge is 0.123 e. The molecule has 112 valence electrons. The standard InChI is InChI=1S/C16H20ClN3O/c1-19-13-6-5-11(17)9-12(13)18-16(19)10-20-7-8-21-15-4-2-3-14(15)20/h5-6,9,14-15H,2-4,7-8,10H2,1H3. The van der Waals surface area contributed by atoms with Gasteiger partial charge in [-0.25, -0.2) is 4.98 Å². The van der Waals surface area contributed by atoms with Crippen molar-refractivity contribution in [2.45, 2.75) is 38.0 Å². The highest BCUT2D eigenvalue weighted by Gasteiger charge is 2.36. The van der Waals surface area contributed by atoms with E-state index in [0.29, 0.717) is 12.1 Å². The van der Waals surface area contributed by atoms with Gasteiger partial charge in [-0.15, -0.1) is 0 Å². The Hall–Kier alpha value is -1.10. The van der Waals surface area contributed by atoms with Gasteiger partial charge >= 0.3 is 0 Å². The molecule has 4 rings (SSSR count). The first kappa shape index (κ1) is 13.6. The third-order valence-electron chi connectivity index (χ3n) is 4.88. The molecule has 2 atom stereocenters. The van der Waals surface area contributed by atoms with E-state index in [1.807, 2.05) is 18.2 Å². The molecule has 2 fully saturated rings. The molecule has 2 aliphatic rings. The summed E-state index contributed by atoms with van der Waals surface area (Å²) in [7, 11) is 2.09. The van der Waals surface area contributed by atoms with Crippen LogP contribution in [-0.4, -0.2) is 39.7 Å². The molecule has 1 aliphatic heterocycles. The van der Waals surface area contributed by atoms with E-state index in [9.17, 15) is 0 Å². The third-order valence-corrected chi connectivity index (χ3v) is 5.11. The van der Waals surface area contributed by atoms with Crippen molar-refractivity contribution in [3.05, 3.63) is 29.0 Å². The van der Waals surface area contributed by atoms with Gasteiger partial charge in [0.1, 0.15) is 5.82 Å². The molecule has 5 heteroatoms. The van der Waals surface area contributed by atoms with Gasteiger partial charge in [0.05, 0.1) is 30.3 Å². The molecule has 2 heterocycles. The number of rotatable bonds is 2. The van der Waals surface area contributed by atoms with E-state index in [2.05, 4.69) is 16.5 Å². The number of hydrogen-bond acceptors (Lipinski definition) is 3. The van der Waals surface area contributed by atoms with Crippen molar-refractivity contribution in [1.29, 1.82) is 0 Å². The molecule has 1 saturated carbocycles. The molecule has 0 bridgehead atoms. The molecule has 1 aromatic heterocycles. The van der Waals surface area contributed by atoms with Crippen LogP contribution in [0, 0.1) is 0 Å². The molecule has 0 N–H and O–H groups in total.